The Morgan fingerprint density at radius 1 is 1.00 bits per heavy atom. The Balaban J connectivity index is 2.00. The van der Waals surface area contributed by atoms with Gasteiger partial charge in [-0.2, -0.15) is 0 Å². The summed E-state index contributed by atoms with van der Waals surface area (Å²) in [5, 5.41) is 11.2. The lowest BCUT2D eigenvalue weighted by Gasteiger charge is -2.29. The first-order chi connectivity index (χ1) is 14.4. The van der Waals surface area contributed by atoms with Crippen molar-refractivity contribution in [3.05, 3.63) is 69.3 Å². The van der Waals surface area contributed by atoms with Gasteiger partial charge in [0, 0.05) is 31.5 Å². The van der Waals surface area contributed by atoms with Crippen LogP contribution in [0.15, 0.2) is 48.0 Å². The first-order valence-electron chi connectivity index (χ1n) is 9.61. The van der Waals surface area contributed by atoms with Crippen molar-refractivity contribution >= 4 is 23.7 Å². The van der Waals surface area contributed by atoms with E-state index in [0.29, 0.717) is 5.75 Å². The van der Waals surface area contributed by atoms with Crippen molar-refractivity contribution in [3.63, 3.8) is 0 Å². The number of esters is 2. The van der Waals surface area contributed by atoms with Crippen LogP contribution >= 0.6 is 0 Å². The number of carbonyl (C=O) groups is 2. The highest BCUT2D eigenvalue weighted by atomic mass is 16.7. The molecule has 31 heavy (non-hydrogen) atoms. The lowest BCUT2D eigenvalue weighted by atomic mass is 9.87. The number of carbonyl (C=O) groups excluding carboxylic acids is 2. The zero-order valence-corrected chi connectivity index (χ0v) is 17.9. The predicted molar refractivity (Wildman–Crippen MR) is 113 cm³/mol. The number of hydrogen-bond donors (Lipinski definition) is 0. The maximum Gasteiger partial charge on any atom is 0.348 e. The number of nitrogens with zero attached hydrogens (tertiary/aromatic N) is 1. The number of nitro groups is 1. The summed E-state index contributed by atoms with van der Waals surface area (Å²) in [5.74, 6) is -2.42. The van der Waals surface area contributed by atoms with Crippen molar-refractivity contribution in [1.82, 2.24) is 0 Å². The van der Waals surface area contributed by atoms with Crippen LogP contribution in [0.3, 0.4) is 0 Å². The average Bonchev–Trinajstić information content (AvgIpc) is 2.64. The van der Waals surface area contributed by atoms with Crippen LogP contribution in [0.25, 0.3) is 6.08 Å². The maximum atomic E-state index is 12.3. The molecule has 0 aliphatic carbocycles. The zero-order chi connectivity index (χ0) is 23.0. The molecule has 0 radical (unpaired) electrons. The third kappa shape index (κ3) is 5.09. The molecule has 0 saturated carbocycles. The molecule has 0 amide bonds. The fraction of sp³-hybridized carbons (Fsp3) is 0.304. The quantitative estimate of drug-likeness (QED) is 0.225. The molecule has 0 N–H and O–H groups in total. The van der Waals surface area contributed by atoms with Gasteiger partial charge >= 0.3 is 11.9 Å². The van der Waals surface area contributed by atoms with Crippen LogP contribution in [0.5, 0.6) is 11.5 Å². The number of rotatable bonds is 4. The third-order valence-corrected chi connectivity index (χ3v) is 4.57. The summed E-state index contributed by atoms with van der Waals surface area (Å²) in [4.78, 5) is 35.2. The van der Waals surface area contributed by atoms with Crippen LogP contribution < -0.4 is 4.74 Å². The molecule has 0 unspecified atom stereocenters. The van der Waals surface area contributed by atoms with Gasteiger partial charge in [0.1, 0.15) is 17.1 Å². The van der Waals surface area contributed by atoms with Gasteiger partial charge in [-0.05, 0) is 35.3 Å². The first kappa shape index (κ1) is 22.0. The summed E-state index contributed by atoms with van der Waals surface area (Å²) < 4.78 is 16.1. The molecule has 1 aliphatic heterocycles. The van der Waals surface area contributed by atoms with Crippen molar-refractivity contribution < 1.29 is 28.7 Å². The highest BCUT2D eigenvalue weighted by molar-refractivity contribution is 6.19. The Labute approximate surface area is 179 Å². The molecule has 2 aromatic rings. The summed E-state index contributed by atoms with van der Waals surface area (Å²) in [6.07, 6.45) is 1.17. The number of benzene rings is 2. The van der Waals surface area contributed by atoms with Gasteiger partial charge in [-0.3, -0.25) is 10.1 Å². The lowest BCUT2D eigenvalue weighted by molar-refractivity contribution is -0.384. The molecule has 2 aromatic carbocycles. The van der Waals surface area contributed by atoms with Gasteiger partial charge < -0.3 is 14.2 Å². The molecular formula is C23H23NO7. The van der Waals surface area contributed by atoms with Crippen LogP contribution in [0.1, 0.15) is 45.7 Å². The topological polar surface area (TPSA) is 105 Å². The van der Waals surface area contributed by atoms with E-state index in [2.05, 4.69) is 20.8 Å². The molecule has 0 aromatic heterocycles. The molecule has 3 rings (SSSR count). The van der Waals surface area contributed by atoms with Crippen molar-refractivity contribution in [2.45, 2.75) is 45.8 Å². The highest BCUT2D eigenvalue weighted by Gasteiger charge is 2.39. The molecule has 8 nitrogen and oxygen atoms in total. The van der Waals surface area contributed by atoms with Crippen LogP contribution in [0.2, 0.25) is 0 Å². The minimum atomic E-state index is -1.39. The van der Waals surface area contributed by atoms with Crippen molar-refractivity contribution in [3.8, 4) is 11.5 Å². The largest absolute Gasteiger partial charge is 0.457 e. The van der Waals surface area contributed by atoms with Crippen molar-refractivity contribution in [2.75, 3.05) is 0 Å². The Bertz CT molecular complexity index is 1050. The van der Waals surface area contributed by atoms with E-state index >= 15 is 0 Å². The zero-order valence-electron chi connectivity index (χ0n) is 17.9. The van der Waals surface area contributed by atoms with E-state index < -0.39 is 22.6 Å². The normalized spacial score (nSPS) is 15.7. The summed E-state index contributed by atoms with van der Waals surface area (Å²) in [6, 6.07) is 11.3. The molecule has 0 spiro atoms. The van der Waals surface area contributed by atoms with Gasteiger partial charge in [0.25, 0.3) is 11.5 Å². The average molecular weight is 425 g/mol. The van der Waals surface area contributed by atoms with Crippen LogP contribution in [0, 0.1) is 10.1 Å². The molecule has 162 valence electrons. The van der Waals surface area contributed by atoms with E-state index in [4.69, 9.17) is 14.2 Å². The second-order valence-corrected chi connectivity index (χ2v) is 8.59. The van der Waals surface area contributed by atoms with E-state index in [0.717, 1.165) is 5.56 Å². The summed E-state index contributed by atoms with van der Waals surface area (Å²) in [7, 11) is 0. The number of non-ortho nitro benzene ring substituents is 1. The van der Waals surface area contributed by atoms with Gasteiger partial charge in [-0.15, -0.1) is 0 Å². The van der Waals surface area contributed by atoms with Crippen LogP contribution in [-0.2, 0) is 24.5 Å². The Kier molecular flexibility index (Phi) is 5.59. The molecule has 8 heteroatoms. The van der Waals surface area contributed by atoms with Gasteiger partial charge in [-0.25, -0.2) is 9.59 Å². The summed E-state index contributed by atoms with van der Waals surface area (Å²) in [6.45, 7) is 9.14. The molecule has 1 saturated heterocycles. The molecular weight excluding hydrogens is 402 g/mol. The Morgan fingerprint density at radius 3 is 2.10 bits per heavy atom. The van der Waals surface area contributed by atoms with E-state index in [9.17, 15) is 19.7 Å². The molecule has 1 aliphatic rings. The van der Waals surface area contributed by atoms with Crippen LogP contribution in [0.4, 0.5) is 5.69 Å². The maximum absolute atomic E-state index is 12.3. The van der Waals surface area contributed by atoms with Crippen LogP contribution in [-0.4, -0.2) is 22.6 Å². The van der Waals surface area contributed by atoms with E-state index in [1.165, 1.54) is 38.1 Å². The second kappa shape index (κ2) is 7.86. The fourth-order valence-corrected chi connectivity index (χ4v) is 2.94. The third-order valence-electron chi connectivity index (χ3n) is 4.57. The van der Waals surface area contributed by atoms with Crippen molar-refractivity contribution in [1.29, 1.82) is 0 Å². The van der Waals surface area contributed by atoms with E-state index in [1.54, 1.807) is 12.1 Å². The first-order valence-corrected chi connectivity index (χ1v) is 9.61. The minimum absolute atomic E-state index is 0.0308. The number of ether oxygens (including phenoxy) is 3. The Hall–Kier alpha value is -3.68. The standard InChI is InChI=1S/C23H23NO7/c1-22(2,3)15-6-9-17(10-7-15)29-19-11-8-16(24(27)28)12-14(19)13-18-20(25)30-23(4,5)31-21(18)26/h6-13H,1-5H3. The predicted octanol–water partition coefficient (Wildman–Crippen LogP) is 4.90. The van der Waals surface area contributed by atoms with Gasteiger partial charge in [0.2, 0.25) is 0 Å². The van der Waals surface area contributed by atoms with E-state index in [1.807, 2.05) is 12.1 Å². The SMILES string of the molecule is CC1(C)OC(=O)C(=Cc2cc([N+](=O)[O-])ccc2Oc2ccc(C(C)(C)C)cc2)C(=O)O1. The monoisotopic (exact) mass is 425 g/mol. The number of cyclic esters (lactones) is 2. The molecule has 1 fully saturated rings. The van der Waals surface area contributed by atoms with Crippen molar-refractivity contribution in [2.24, 2.45) is 0 Å². The summed E-state index contributed by atoms with van der Waals surface area (Å²) >= 11 is 0. The molecule has 0 atom stereocenters. The van der Waals surface area contributed by atoms with Gasteiger partial charge in [-0.1, -0.05) is 32.9 Å². The molecule has 1 heterocycles. The highest BCUT2D eigenvalue weighted by Crippen LogP contribution is 2.33. The number of hydrogen-bond acceptors (Lipinski definition) is 7. The Morgan fingerprint density at radius 2 is 1.58 bits per heavy atom. The minimum Gasteiger partial charge on any atom is -0.457 e. The van der Waals surface area contributed by atoms with E-state index in [-0.39, 0.29) is 28.0 Å². The second-order valence-electron chi connectivity index (χ2n) is 8.59. The lowest BCUT2D eigenvalue weighted by Crippen LogP contribution is -2.41. The van der Waals surface area contributed by atoms with Gasteiger partial charge in [0.05, 0.1) is 4.92 Å². The smallest absolute Gasteiger partial charge is 0.348 e. The summed E-state index contributed by atoms with van der Waals surface area (Å²) in [5.41, 5.74) is 0.642. The fourth-order valence-electron chi connectivity index (χ4n) is 2.94. The van der Waals surface area contributed by atoms with Gasteiger partial charge in [0.15, 0.2) is 0 Å². The molecule has 0 bridgehead atoms. The number of nitro benzene ring substituents is 1.